The van der Waals surface area contributed by atoms with Crippen LogP contribution < -0.4 is 4.74 Å². The maximum absolute atomic E-state index is 13.0. The summed E-state index contributed by atoms with van der Waals surface area (Å²) in [6.45, 7) is 1.26. The van der Waals surface area contributed by atoms with Crippen LogP contribution in [0.15, 0.2) is 72.9 Å². The zero-order valence-corrected chi connectivity index (χ0v) is 17.5. The van der Waals surface area contributed by atoms with Gasteiger partial charge in [0.25, 0.3) is 0 Å². The third-order valence-corrected chi connectivity index (χ3v) is 4.99. The lowest BCUT2D eigenvalue weighted by atomic mass is 10.1. The van der Waals surface area contributed by atoms with E-state index in [-0.39, 0.29) is 11.8 Å². The first kappa shape index (κ1) is 22.5. The summed E-state index contributed by atoms with van der Waals surface area (Å²) in [5.74, 6) is -0.340. The highest BCUT2D eigenvalue weighted by Gasteiger charge is 2.31. The second kappa shape index (κ2) is 9.86. The number of alkyl halides is 3. The zero-order valence-electron chi connectivity index (χ0n) is 17.5. The highest BCUT2D eigenvalue weighted by Crippen LogP contribution is 2.25. The van der Waals surface area contributed by atoms with Crippen LogP contribution in [0, 0.1) is 0 Å². The molecule has 0 saturated carbocycles. The van der Waals surface area contributed by atoms with E-state index in [1.807, 2.05) is 42.5 Å². The number of halogens is 3. The second-order valence-corrected chi connectivity index (χ2v) is 7.35. The quantitative estimate of drug-likeness (QED) is 0.503. The van der Waals surface area contributed by atoms with E-state index in [1.54, 1.807) is 4.90 Å². The van der Waals surface area contributed by atoms with Crippen molar-refractivity contribution in [3.05, 3.63) is 78.5 Å². The van der Waals surface area contributed by atoms with Gasteiger partial charge in [-0.2, -0.15) is 5.10 Å². The van der Waals surface area contributed by atoms with Crippen molar-refractivity contribution in [2.24, 2.45) is 0 Å². The molecule has 0 aliphatic carbocycles. The van der Waals surface area contributed by atoms with Gasteiger partial charge in [-0.05, 0) is 36.2 Å². The maximum atomic E-state index is 13.0. The summed E-state index contributed by atoms with van der Waals surface area (Å²) in [6, 6.07) is 14.3. The Morgan fingerprint density at radius 2 is 1.85 bits per heavy atom. The average Bonchev–Trinajstić information content (AvgIpc) is 3.29. The lowest BCUT2D eigenvalue weighted by Gasteiger charge is -2.31. The van der Waals surface area contributed by atoms with E-state index in [2.05, 4.69) is 14.9 Å². The van der Waals surface area contributed by atoms with Crippen LogP contribution in [-0.4, -0.2) is 51.5 Å². The van der Waals surface area contributed by atoms with Crippen molar-refractivity contribution < 1.29 is 27.4 Å². The third-order valence-electron chi connectivity index (χ3n) is 4.99. The maximum Gasteiger partial charge on any atom is 0.573 e. The van der Waals surface area contributed by atoms with Crippen LogP contribution in [-0.2, 0) is 11.3 Å². The van der Waals surface area contributed by atoms with E-state index in [1.165, 1.54) is 30.5 Å². The largest absolute Gasteiger partial charge is 0.573 e. The van der Waals surface area contributed by atoms with E-state index >= 15 is 0 Å². The van der Waals surface area contributed by atoms with E-state index in [9.17, 15) is 18.0 Å². The molecule has 33 heavy (non-hydrogen) atoms. The SMILES string of the molecule is O=C(N1CCC=C[C@H]1COCc1ccccc1)n1ncc(-c2ccc(OC(F)(F)F)cc2)n1. The van der Waals surface area contributed by atoms with Crippen LogP contribution in [0.3, 0.4) is 0 Å². The first-order valence-corrected chi connectivity index (χ1v) is 10.3. The number of carbonyl (C=O) groups excluding carboxylic acids is 1. The fraction of sp³-hybridized carbons (Fsp3) is 0.261. The number of ether oxygens (including phenoxy) is 2. The lowest BCUT2D eigenvalue weighted by Crippen LogP contribution is -2.46. The molecule has 0 radical (unpaired) electrons. The highest BCUT2D eigenvalue weighted by molar-refractivity contribution is 5.76. The average molecular weight is 458 g/mol. The standard InChI is InChI=1S/C23H21F3N4O3/c24-23(25,26)33-20-11-9-18(10-12-20)21-14-27-30(28-21)22(31)29-13-5-4-8-19(29)16-32-15-17-6-2-1-3-7-17/h1-4,6-12,14,19H,5,13,15-16H2/t19-/m0/s1. The molecule has 7 nitrogen and oxygen atoms in total. The van der Waals surface area contributed by atoms with Crippen molar-refractivity contribution in [1.29, 1.82) is 0 Å². The van der Waals surface area contributed by atoms with Crippen molar-refractivity contribution in [1.82, 2.24) is 19.9 Å². The molecule has 1 aliphatic heterocycles. The summed E-state index contributed by atoms with van der Waals surface area (Å²) in [7, 11) is 0. The molecular formula is C23H21F3N4O3. The molecular weight excluding hydrogens is 437 g/mol. The molecule has 3 aromatic rings. The van der Waals surface area contributed by atoms with Crippen LogP contribution in [0.2, 0.25) is 0 Å². The van der Waals surface area contributed by atoms with E-state index in [4.69, 9.17) is 4.74 Å². The lowest BCUT2D eigenvalue weighted by molar-refractivity contribution is -0.274. The van der Waals surface area contributed by atoms with E-state index in [0.29, 0.717) is 37.4 Å². The van der Waals surface area contributed by atoms with Gasteiger partial charge in [0.05, 0.1) is 25.5 Å². The topological polar surface area (TPSA) is 69.5 Å². The second-order valence-electron chi connectivity index (χ2n) is 7.35. The summed E-state index contributed by atoms with van der Waals surface area (Å²) < 4.78 is 46.7. The highest BCUT2D eigenvalue weighted by atomic mass is 19.4. The molecule has 0 N–H and O–H groups in total. The molecule has 4 rings (SSSR count). The van der Waals surface area contributed by atoms with Crippen molar-refractivity contribution in [2.75, 3.05) is 13.2 Å². The summed E-state index contributed by atoms with van der Waals surface area (Å²) in [5, 5.41) is 8.26. The van der Waals surface area contributed by atoms with Gasteiger partial charge in [0.1, 0.15) is 11.4 Å². The monoisotopic (exact) mass is 458 g/mol. The molecule has 1 aromatic heterocycles. The van der Waals surface area contributed by atoms with Crippen molar-refractivity contribution in [3.63, 3.8) is 0 Å². The van der Waals surface area contributed by atoms with Crippen LogP contribution in [0.25, 0.3) is 11.3 Å². The summed E-state index contributed by atoms with van der Waals surface area (Å²) >= 11 is 0. The fourth-order valence-corrected chi connectivity index (χ4v) is 3.42. The number of amides is 1. The molecule has 1 atom stereocenters. The minimum atomic E-state index is -4.76. The van der Waals surface area contributed by atoms with Crippen LogP contribution in [0.4, 0.5) is 18.0 Å². The van der Waals surface area contributed by atoms with Crippen molar-refractivity contribution >= 4 is 6.03 Å². The molecule has 2 heterocycles. The van der Waals surface area contributed by atoms with Gasteiger partial charge >= 0.3 is 12.4 Å². The molecule has 1 amide bonds. The summed E-state index contributed by atoms with van der Waals surface area (Å²) in [5.41, 5.74) is 1.90. The number of nitrogens with zero attached hydrogens (tertiary/aromatic N) is 4. The molecule has 172 valence electrons. The molecule has 0 bridgehead atoms. The smallest absolute Gasteiger partial charge is 0.406 e. The number of hydrogen-bond acceptors (Lipinski definition) is 5. The Morgan fingerprint density at radius 3 is 2.58 bits per heavy atom. The summed E-state index contributed by atoms with van der Waals surface area (Å²) in [6.07, 6.45) is 1.26. The van der Waals surface area contributed by atoms with Gasteiger partial charge in [-0.3, -0.25) is 0 Å². The van der Waals surface area contributed by atoms with Gasteiger partial charge in [0.2, 0.25) is 0 Å². The van der Waals surface area contributed by atoms with Gasteiger partial charge in [-0.25, -0.2) is 4.79 Å². The van der Waals surface area contributed by atoms with Gasteiger partial charge in [-0.1, -0.05) is 47.3 Å². The van der Waals surface area contributed by atoms with Crippen LogP contribution in [0.1, 0.15) is 12.0 Å². The summed E-state index contributed by atoms with van der Waals surface area (Å²) in [4.78, 5) is 15.6. The first-order chi connectivity index (χ1) is 15.9. The normalized spacial score (nSPS) is 16.1. The number of rotatable bonds is 6. The minimum absolute atomic E-state index is 0.261. The molecule has 2 aromatic carbocycles. The Hall–Kier alpha value is -3.66. The molecule has 10 heteroatoms. The van der Waals surface area contributed by atoms with Gasteiger partial charge < -0.3 is 14.4 Å². The van der Waals surface area contributed by atoms with Crippen molar-refractivity contribution in [2.45, 2.75) is 25.4 Å². The Kier molecular flexibility index (Phi) is 6.74. The fourth-order valence-electron chi connectivity index (χ4n) is 3.42. The Balaban J connectivity index is 1.40. The Bertz CT molecular complexity index is 1100. The third kappa shape index (κ3) is 5.98. The number of benzene rings is 2. The minimum Gasteiger partial charge on any atom is -0.406 e. The van der Waals surface area contributed by atoms with Gasteiger partial charge in [0.15, 0.2) is 0 Å². The molecule has 1 aliphatic rings. The van der Waals surface area contributed by atoms with Crippen LogP contribution >= 0.6 is 0 Å². The predicted molar refractivity (Wildman–Crippen MR) is 113 cm³/mol. The zero-order chi connectivity index (χ0) is 23.3. The molecule has 0 spiro atoms. The molecule has 0 unspecified atom stereocenters. The van der Waals surface area contributed by atoms with Crippen molar-refractivity contribution in [3.8, 4) is 17.0 Å². The predicted octanol–water partition coefficient (Wildman–Crippen LogP) is 4.66. The molecule has 0 fully saturated rings. The van der Waals surface area contributed by atoms with Gasteiger partial charge in [-0.15, -0.1) is 18.3 Å². The van der Waals surface area contributed by atoms with E-state index in [0.717, 1.165) is 10.4 Å². The van der Waals surface area contributed by atoms with Crippen LogP contribution in [0.5, 0.6) is 5.75 Å². The molecule has 0 saturated heterocycles. The van der Waals surface area contributed by atoms with E-state index < -0.39 is 12.4 Å². The van der Waals surface area contributed by atoms with Gasteiger partial charge in [0, 0.05) is 12.1 Å². The first-order valence-electron chi connectivity index (χ1n) is 10.3. The number of hydrogen-bond donors (Lipinski definition) is 0. The number of carbonyl (C=O) groups is 1. The number of aromatic nitrogens is 3. The Morgan fingerprint density at radius 1 is 1.09 bits per heavy atom. The Labute approximate surface area is 188 Å².